The fourth-order valence-electron chi connectivity index (χ4n) is 1.90. The highest BCUT2D eigenvalue weighted by Gasteiger charge is 2.17. The molecule has 15 heavy (non-hydrogen) atoms. The first-order chi connectivity index (χ1) is 7.13. The Bertz CT molecular complexity index is 153. The zero-order valence-corrected chi connectivity index (χ0v) is 10.8. The van der Waals surface area contributed by atoms with E-state index in [2.05, 4.69) is 27.4 Å². The Morgan fingerprint density at radius 1 is 1.20 bits per heavy atom. The van der Waals surface area contributed by atoms with Gasteiger partial charge in [0.1, 0.15) is 0 Å². The van der Waals surface area contributed by atoms with Crippen LogP contribution in [0.3, 0.4) is 0 Å². The molecule has 0 aromatic heterocycles. The molecule has 0 aromatic rings. The normalized spacial score (nSPS) is 17.1. The van der Waals surface area contributed by atoms with Crippen molar-refractivity contribution in [2.45, 2.75) is 65.3 Å². The van der Waals surface area contributed by atoms with Crippen LogP contribution >= 0.6 is 0 Å². The molecule has 0 heterocycles. The van der Waals surface area contributed by atoms with E-state index in [1.165, 1.54) is 32.1 Å². The Kier molecular flexibility index (Phi) is 8.79. The summed E-state index contributed by atoms with van der Waals surface area (Å²) in [4.78, 5) is 0. The van der Waals surface area contributed by atoms with E-state index < -0.39 is 0 Å². The maximum absolute atomic E-state index is 6.19. The fraction of sp³-hybridized carbons (Fsp3) is 0.857. The van der Waals surface area contributed by atoms with Gasteiger partial charge in [0.05, 0.1) is 0 Å². The summed E-state index contributed by atoms with van der Waals surface area (Å²) in [6.07, 6.45) is 9.42. The van der Waals surface area contributed by atoms with Crippen LogP contribution in [0.5, 0.6) is 0 Å². The second-order valence-electron chi connectivity index (χ2n) is 4.84. The average molecular weight is 211 g/mol. The molecule has 0 spiro atoms. The molecule has 0 saturated heterocycles. The van der Waals surface area contributed by atoms with Crippen molar-refractivity contribution in [1.82, 2.24) is 0 Å². The molecule has 0 aliphatic rings. The Hall–Kier alpha value is -0.300. The molecule has 3 atom stereocenters. The first-order valence-electron chi connectivity index (χ1n) is 6.49. The van der Waals surface area contributed by atoms with E-state index in [1.807, 2.05) is 6.08 Å². The average Bonchev–Trinajstić information content (AvgIpc) is 2.26. The summed E-state index contributed by atoms with van der Waals surface area (Å²) in [7, 11) is 0. The third kappa shape index (κ3) is 6.72. The van der Waals surface area contributed by atoms with Crippen molar-refractivity contribution in [2.24, 2.45) is 17.6 Å². The van der Waals surface area contributed by atoms with Crippen LogP contribution in [0, 0.1) is 11.8 Å². The van der Waals surface area contributed by atoms with E-state index in [9.17, 15) is 0 Å². The summed E-state index contributed by atoms with van der Waals surface area (Å²) in [6, 6.07) is 0.392. The van der Waals surface area contributed by atoms with Gasteiger partial charge in [0.2, 0.25) is 0 Å². The maximum atomic E-state index is 6.19. The van der Waals surface area contributed by atoms with E-state index in [4.69, 9.17) is 5.73 Å². The van der Waals surface area contributed by atoms with Crippen LogP contribution in [0.15, 0.2) is 12.7 Å². The van der Waals surface area contributed by atoms with Gasteiger partial charge in [-0.05, 0) is 31.1 Å². The summed E-state index contributed by atoms with van der Waals surface area (Å²) in [6.45, 7) is 10.6. The smallest absolute Gasteiger partial charge is 0.00670 e. The summed E-state index contributed by atoms with van der Waals surface area (Å²) in [5, 5.41) is 0. The number of hydrogen-bond acceptors (Lipinski definition) is 1. The van der Waals surface area contributed by atoms with E-state index in [-0.39, 0.29) is 0 Å². The van der Waals surface area contributed by atoms with Crippen molar-refractivity contribution >= 4 is 0 Å². The molecule has 2 N–H and O–H groups in total. The number of rotatable bonds is 9. The van der Waals surface area contributed by atoms with Gasteiger partial charge in [-0.1, -0.05) is 46.1 Å². The zero-order valence-electron chi connectivity index (χ0n) is 10.8. The van der Waals surface area contributed by atoms with Crippen molar-refractivity contribution in [3.63, 3.8) is 0 Å². The molecule has 0 fully saturated rings. The molecule has 0 saturated carbocycles. The van der Waals surface area contributed by atoms with E-state index in [0.29, 0.717) is 12.0 Å². The van der Waals surface area contributed by atoms with Gasteiger partial charge in [-0.15, -0.1) is 6.58 Å². The summed E-state index contributed by atoms with van der Waals surface area (Å²) in [5.74, 6) is 1.42. The monoisotopic (exact) mass is 211 g/mol. The van der Waals surface area contributed by atoms with Crippen LogP contribution in [-0.4, -0.2) is 6.04 Å². The van der Waals surface area contributed by atoms with Crippen LogP contribution < -0.4 is 5.73 Å². The Morgan fingerprint density at radius 3 is 2.40 bits per heavy atom. The molecule has 0 radical (unpaired) electrons. The van der Waals surface area contributed by atoms with Gasteiger partial charge in [0.25, 0.3) is 0 Å². The second-order valence-corrected chi connectivity index (χ2v) is 4.84. The molecule has 0 aliphatic carbocycles. The van der Waals surface area contributed by atoms with Gasteiger partial charge in [0.15, 0.2) is 0 Å². The standard InChI is InChI=1S/C14H29N/c1-5-7-8-9-10-11-14(15)13(4)12(3)6-2/h5,12-14H,1,6-11,15H2,2-4H3. The predicted molar refractivity (Wildman–Crippen MR) is 69.9 cm³/mol. The molecule has 0 bridgehead atoms. The molecular formula is C14H29N. The van der Waals surface area contributed by atoms with Crippen molar-refractivity contribution in [2.75, 3.05) is 0 Å². The van der Waals surface area contributed by atoms with Crippen molar-refractivity contribution in [1.29, 1.82) is 0 Å². The number of unbranched alkanes of at least 4 members (excludes halogenated alkanes) is 3. The minimum absolute atomic E-state index is 0.392. The van der Waals surface area contributed by atoms with Gasteiger partial charge in [-0.25, -0.2) is 0 Å². The third-order valence-corrected chi connectivity index (χ3v) is 3.66. The Labute approximate surface area is 96.1 Å². The van der Waals surface area contributed by atoms with Crippen LogP contribution in [0.4, 0.5) is 0 Å². The molecule has 1 nitrogen and oxygen atoms in total. The first kappa shape index (κ1) is 14.7. The highest BCUT2D eigenvalue weighted by atomic mass is 14.6. The SMILES string of the molecule is C=CCCCCCC(N)C(C)C(C)CC. The van der Waals surface area contributed by atoms with E-state index in [0.717, 1.165) is 12.3 Å². The van der Waals surface area contributed by atoms with Crippen LogP contribution in [0.2, 0.25) is 0 Å². The van der Waals surface area contributed by atoms with Gasteiger partial charge >= 0.3 is 0 Å². The lowest BCUT2D eigenvalue weighted by Crippen LogP contribution is -2.32. The molecule has 0 aliphatic heterocycles. The zero-order chi connectivity index (χ0) is 11.7. The minimum atomic E-state index is 0.392. The molecular weight excluding hydrogens is 182 g/mol. The lowest BCUT2D eigenvalue weighted by atomic mass is 9.85. The second kappa shape index (κ2) is 8.96. The highest BCUT2D eigenvalue weighted by molar-refractivity contribution is 4.73. The summed E-state index contributed by atoms with van der Waals surface area (Å²) in [5.41, 5.74) is 6.19. The quantitative estimate of drug-likeness (QED) is 0.450. The molecule has 0 amide bonds. The molecule has 90 valence electrons. The topological polar surface area (TPSA) is 26.0 Å². The van der Waals surface area contributed by atoms with Gasteiger partial charge in [0, 0.05) is 6.04 Å². The highest BCUT2D eigenvalue weighted by Crippen LogP contribution is 2.20. The lowest BCUT2D eigenvalue weighted by Gasteiger charge is -2.25. The van der Waals surface area contributed by atoms with Crippen LogP contribution in [0.1, 0.15) is 59.3 Å². The van der Waals surface area contributed by atoms with Crippen molar-refractivity contribution in [3.05, 3.63) is 12.7 Å². The minimum Gasteiger partial charge on any atom is -0.327 e. The molecule has 3 unspecified atom stereocenters. The van der Waals surface area contributed by atoms with Gasteiger partial charge in [-0.2, -0.15) is 0 Å². The number of allylic oxidation sites excluding steroid dienone is 1. The molecule has 0 aromatic carbocycles. The Morgan fingerprint density at radius 2 is 1.87 bits per heavy atom. The van der Waals surface area contributed by atoms with Gasteiger partial charge in [-0.3, -0.25) is 0 Å². The maximum Gasteiger partial charge on any atom is 0.00670 e. The van der Waals surface area contributed by atoms with Crippen LogP contribution in [0.25, 0.3) is 0 Å². The van der Waals surface area contributed by atoms with Gasteiger partial charge < -0.3 is 5.73 Å². The Balaban J connectivity index is 3.54. The number of nitrogens with two attached hydrogens (primary N) is 1. The third-order valence-electron chi connectivity index (χ3n) is 3.66. The molecule has 0 rings (SSSR count). The number of hydrogen-bond donors (Lipinski definition) is 1. The summed E-state index contributed by atoms with van der Waals surface area (Å²) >= 11 is 0. The van der Waals surface area contributed by atoms with Crippen LogP contribution in [-0.2, 0) is 0 Å². The van der Waals surface area contributed by atoms with E-state index in [1.54, 1.807) is 0 Å². The van der Waals surface area contributed by atoms with Crippen molar-refractivity contribution in [3.8, 4) is 0 Å². The lowest BCUT2D eigenvalue weighted by molar-refractivity contribution is 0.301. The van der Waals surface area contributed by atoms with Crippen molar-refractivity contribution < 1.29 is 0 Å². The largest absolute Gasteiger partial charge is 0.327 e. The molecule has 1 heteroatoms. The van der Waals surface area contributed by atoms with E-state index >= 15 is 0 Å². The summed E-state index contributed by atoms with van der Waals surface area (Å²) < 4.78 is 0. The fourth-order valence-corrected chi connectivity index (χ4v) is 1.90. The first-order valence-corrected chi connectivity index (χ1v) is 6.49. The predicted octanol–water partition coefficient (Wildman–Crippen LogP) is 4.13.